The molecule has 0 aliphatic heterocycles. The molecule has 29 heavy (non-hydrogen) atoms. The Morgan fingerprint density at radius 1 is 1.21 bits per heavy atom. The first-order chi connectivity index (χ1) is 14.2. The first-order valence-corrected chi connectivity index (χ1v) is 8.95. The van der Waals surface area contributed by atoms with Gasteiger partial charge in [-0.2, -0.15) is 5.10 Å². The summed E-state index contributed by atoms with van der Waals surface area (Å²) >= 11 is 0. The van der Waals surface area contributed by atoms with Gasteiger partial charge in [-0.15, -0.1) is 0 Å². The van der Waals surface area contributed by atoms with Gasteiger partial charge in [-0.25, -0.2) is 4.39 Å². The Morgan fingerprint density at radius 2 is 2.07 bits per heavy atom. The Balaban J connectivity index is 1.68. The predicted octanol–water partition coefficient (Wildman–Crippen LogP) is 4.40. The summed E-state index contributed by atoms with van der Waals surface area (Å²) in [6, 6.07) is 13.4. The van der Waals surface area contributed by atoms with Crippen LogP contribution in [0.1, 0.15) is 27.4 Å². The molecule has 2 aromatic heterocycles. The molecule has 4 rings (SSSR count). The molecule has 1 amide bonds. The molecule has 0 radical (unpaired) electrons. The maximum Gasteiger partial charge on any atom is 0.255 e. The number of benzene rings is 2. The van der Waals surface area contributed by atoms with Crippen molar-refractivity contribution < 1.29 is 18.3 Å². The van der Waals surface area contributed by atoms with Gasteiger partial charge in [-0.1, -0.05) is 18.2 Å². The first kappa shape index (κ1) is 18.5. The van der Waals surface area contributed by atoms with E-state index in [-0.39, 0.29) is 18.3 Å². The van der Waals surface area contributed by atoms with Crippen molar-refractivity contribution in [2.24, 2.45) is 0 Å². The summed E-state index contributed by atoms with van der Waals surface area (Å²) in [5.74, 6) is 0.413. The zero-order valence-electron chi connectivity index (χ0n) is 15.6. The van der Waals surface area contributed by atoms with Gasteiger partial charge in [0.2, 0.25) is 0 Å². The zero-order valence-corrected chi connectivity index (χ0v) is 15.6. The number of carbonyl (C=O) groups is 1. The predicted molar refractivity (Wildman–Crippen MR) is 108 cm³/mol. The number of rotatable bonds is 6. The van der Waals surface area contributed by atoms with Gasteiger partial charge < -0.3 is 14.5 Å². The molecule has 0 fully saturated rings. The summed E-state index contributed by atoms with van der Waals surface area (Å²) in [7, 11) is 1.50. The number of H-pyrrole nitrogens is 1. The third kappa shape index (κ3) is 3.75. The lowest BCUT2D eigenvalue weighted by atomic mass is 10.1. The van der Waals surface area contributed by atoms with Gasteiger partial charge in [-0.05, 0) is 42.5 Å². The van der Waals surface area contributed by atoms with Crippen LogP contribution in [0.3, 0.4) is 0 Å². The average Bonchev–Trinajstić information content (AvgIpc) is 3.40. The van der Waals surface area contributed by atoms with Crippen LogP contribution in [0.4, 0.5) is 4.39 Å². The van der Waals surface area contributed by atoms with E-state index in [0.717, 1.165) is 0 Å². The highest BCUT2D eigenvalue weighted by Crippen LogP contribution is 2.32. The molecule has 0 saturated heterocycles. The largest absolute Gasteiger partial charge is 0.495 e. The van der Waals surface area contributed by atoms with Crippen LogP contribution in [0.5, 0.6) is 5.75 Å². The second-order valence-electron chi connectivity index (χ2n) is 6.29. The Hall–Kier alpha value is -3.87. The summed E-state index contributed by atoms with van der Waals surface area (Å²) in [6.07, 6.45) is 4.87. The molecule has 4 aromatic rings. The number of furan rings is 1. The smallest absolute Gasteiger partial charge is 0.255 e. The maximum atomic E-state index is 13.9. The van der Waals surface area contributed by atoms with Crippen molar-refractivity contribution in [3.8, 4) is 5.75 Å². The third-order valence-corrected chi connectivity index (χ3v) is 4.49. The van der Waals surface area contributed by atoms with Crippen LogP contribution < -0.4 is 10.1 Å². The van der Waals surface area contributed by atoms with Crippen molar-refractivity contribution in [1.82, 2.24) is 15.5 Å². The van der Waals surface area contributed by atoms with E-state index < -0.39 is 0 Å². The molecule has 0 saturated carbocycles. The van der Waals surface area contributed by atoms with E-state index in [0.29, 0.717) is 39.2 Å². The maximum absolute atomic E-state index is 13.9. The second-order valence-corrected chi connectivity index (χ2v) is 6.29. The van der Waals surface area contributed by atoms with E-state index in [2.05, 4.69) is 15.5 Å². The number of nitrogens with zero attached hydrogens (tertiary/aromatic N) is 1. The SMILES string of the molecule is COc1c(C(=O)NCc2ccco2)ccc2[nH]nc(C=Cc3ccccc3F)c12. The Bertz CT molecular complexity index is 1180. The highest BCUT2D eigenvalue weighted by Gasteiger charge is 2.19. The lowest BCUT2D eigenvalue weighted by Gasteiger charge is -2.10. The highest BCUT2D eigenvalue weighted by atomic mass is 19.1. The van der Waals surface area contributed by atoms with Gasteiger partial charge in [0.05, 0.1) is 42.1 Å². The molecule has 7 heteroatoms. The van der Waals surface area contributed by atoms with Crippen molar-refractivity contribution in [2.45, 2.75) is 6.54 Å². The van der Waals surface area contributed by atoms with Crippen molar-refractivity contribution in [1.29, 1.82) is 0 Å². The number of fused-ring (bicyclic) bond motifs is 1. The van der Waals surface area contributed by atoms with E-state index >= 15 is 0 Å². The number of amides is 1. The molecule has 0 bridgehead atoms. The third-order valence-electron chi connectivity index (χ3n) is 4.49. The topological polar surface area (TPSA) is 80.1 Å². The Kier molecular flexibility index (Phi) is 5.11. The summed E-state index contributed by atoms with van der Waals surface area (Å²) in [5, 5.41) is 10.6. The summed E-state index contributed by atoms with van der Waals surface area (Å²) in [5.41, 5.74) is 2.06. The first-order valence-electron chi connectivity index (χ1n) is 8.95. The number of aromatic nitrogens is 2. The molecule has 6 nitrogen and oxygen atoms in total. The van der Waals surface area contributed by atoms with Crippen molar-refractivity contribution in [3.05, 3.63) is 83.2 Å². The highest BCUT2D eigenvalue weighted by molar-refractivity contribution is 6.05. The molecule has 146 valence electrons. The van der Waals surface area contributed by atoms with Gasteiger partial charge in [0.25, 0.3) is 5.91 Å². The number of nitrogens with one attached hydrogen (secondary N) is 2. The van der Waals surface area contributed by atoms with Crippen molar-refractivity contribution in [2.75, 3.05) is 7.11 Å². The monoisotopic (exact) mass is 391 g/mol. The van der Waals surface area contributed by atoms with E-state index in [9.17, 15) is 9.18 Å². The quantitative estimate of drug-likeness (QED) is 0.510. The van der Waals surface area contributed by atoms with Crippen LogP contribution in [-0.4, -0.2) is 23.2 Å². The van der Waals surface area contributed by atoms with E-state index in [4.69, 9.17) is 9.15 Å². The average molecular weight is 391 g/mol. The van der Waals surface area contributed by atoms with Gasteiger partial charge in [0, 0.05) is 5.56 Å². The van der Waals surface area contributed by atoms with Crippen LogP contribution in [-0.2, 0) is 6.54 Å². The van der Waals surface area contributed by atoms with Crippen LogP contribution >= 0.6 is 0 Å². The van der Waals surface area contributed by atoms with E-state index in [1.54, 1.807) is 60.9 Å². The standard InChI is InChI=1S/C22H18FN3O3/c1-28-21-16(22(27)24-13-15-6-4-12-29-15)9-11-19-20(21)18(25-26-19)10-8-14-5-2-3-7-17(14)23/h2-12H,13H2,1H3,(H,24,27)(H,25,26). The fourth-order valence-electron chi connectivity index (χ4n) is 3.07. The van der Waals surface area contributed by atoms with Crippen LogP contribution in [0.25, 0.3) is 23.1 Å². The molecular weight excluding hydrogens is 373 g/mol. The number of halogens is 1. The zero-order chi connectivity index (χ0) is 20.2. The van der Waals surface area contributed by atoms with Gasteiger partial charge in [-0.3, -0.25) is 9.89 Å². The van der Waals surface area contributed by atoms with Gasteiger partial charge in [0.15, 0.2) is 0 Å². The summed E-state index contributed by atoms with van der Waals surface area (Å²) in [4.78, 5) is 12.7. The fraction of sp³-hybridized carbons (Fsp3) is 0.0909. The van der Waals surface area contributed by atoms with E-state index in [1.165, 1.54) is 13.2 Å². The number of methoxy groups -OCH3 is 1. The Labute approximate surface area is 166 Å². The lowest BCUT2D eigenvalue weighted by molar-refractivity contribution is 0.0945. The molecule has 0 unspecified atom stereocenters. The van der Waals surface area contributed by atoms with Crippen molar-refractivity contribution in [3.63, 3.8) is 0 Å². The molecule has 2 heterocycles. The molecule has 0 spiro atoms. The van der Waals surface area contributed by atoms with Crippen LogP contribution in [0.2, 0.25) is 0 Å². The molecular formula is C22H18FN3O3. The van der Waals surface area contributed by atoms with Crippen molar-refractivity contribution >= 4 is 29.0 Å². The molecule has 0 aliphatic rings. The molecule has 0 aliphatic carbocycles. The number of hydrogen-bond donors (Lipinski definition) is 2. The summed E-state index contributed by atoms with van der Waals surface area (Å²) in [6.45, 7) is 0.262. The lowest BCUT2D eigenvalue weighted by Crippen LogP contribution is -2.23. The molecule has 2 N–H and O–H groups in total. The Morgan fingerprint density at radius 3 is 2.83 bits per heavy atom. The number of carbonyl (C=O) groups excluding carboxylic acids is 1. The number of ether oxygens (including phenoxy) is 1. The minimum absolute atomic E-state index is 0.262. The minimum Gasteiger partial charge on any atom is -0.495 e. The molecule has 2 aromatic carbocycles. The van der Waals surface area contributed by atoms with Crippen LogP contribution in [0.15, 0.2) is 59.2 Å². The number of hydrogen-bond acceptors (Lipinski definition) is 4. The van der Waals surface area contributed by atoms with E-state index in [1.807, 2.05) is 0 Å². The second kappa shape index (κ2) is 8.02. The minimum atomic E-state index is -0.325. The van der Waals surface area contributed by atoms with Gasteiger partial charge in [0.1, 0.15) is 17.3 Å². The normalized spacial score (nSPS) is 11.2. The number of aromatic amines is 1. The van der Waals surface area contributed by atoms with Crippen LogP contribution in [0, 0.1) is 5.82 Å². The fourth-order valence-corrected chi connectivity index (χ4v) is 3.07. The van der Waals surface area contributed by atoms with Gasteiger partial charge >= 0.3 is 0 Å². The molecule has 0 atom stereocenters. The summed E-state index contributed by atoms with van der Waals surface area (Å²) < 4.78 is 24.7.